The molecule has 1 aliphatic heterocycles. The molecule has 0 aromatic rings. The van der Waals surface area contributed by atoms with Gasteiger partial charge in [-0.15, -0.1) is 6.58 Å². The van der Waals surface area contributed by atoms with Crippen LogP contribution in [0.1, 0.15) is 33.6 Å². The van der Waals surface area contributed by atoms with Crippen LogP contribution in [-0.2, 0) is 19.1 Å². The number of carbonyl (C=O) groups is 3. The van der Waals surface area contributed by atoms with Gasteiger partial charge in [0.2, 0.25) is 0 Å². The van der Waals surface area contributed by atoms with Crippen LogP contribution in [-0.4, -0.2) is 52.3 Å². The molecular formula is C16H23NO6. The van der Waals surface area contributed by atoms with Crippen LogP contribution in [0.25, 0.3) is 0 Å². The average molecular weight is 325 g/mol. The number of nitrogens with zero attached hydrogens (tertiary/aromatic N) is 1. The Balaban J connectivity index is 3.26. The Morgan fingerprint density at radius 3 is 2.39 bits per heavy atom. The van der Waals surface area contributed by atoms with Crippen LogP contribution in [0.3, 0.4) is 0 Å². The lowest BCUT2D eigenvalue weighted by molar-refractivity contribution is -0.150. The van der Waals surface area contributed by atoms with Gasteiger partial charge in [0, 0.05) is 6.08 Å². The second kappa shape index (κ2) is 6.85. The van der Waals surface area contributed by atoms with Crippen LogP contribution in [0.15, 0.2) is 24.8 Å². The smallest absolute Gasteiger partial charge is 0.412 e. The minimum absolute atomic E-state index is 0.275. The summed E-state index contributed by atoms with van der Waals surface area (Å²) in [6.45, 7) is 8.77. The molecule has 1 amide bonds. The van der Waals surface area contributed by atoms with Crippen molar-refractivity contribution in [1.29, 1.82) is 0 Å². The van der Waals surface area contributed by atoms with E-state index in [0.717, 1.165) is 6.08 Å². The Bertz CT molecular complexity index is 533. The van der Waals surface area contributed by atoms with Gasteiger partial charge in [0.15, 0.2) is 5.54 Å². The van der Waals surface area contributed by atoms with Crippen molar-refractivity contribution in [3.8, 4) is 0 Å². The summed E-state index contributed by atoms with van der Waals surface area (Å²) < 4.78 is 10.2. The monoisotopic (exact) mass is 325 g/mol. The molecule has 0 aromatic heterocycles. The van der Waals surface area contributed by atoms with Gasteiger partial charge in [-0.3, -0.25) is 4.90 Å². The van der Waals surface area contributed by atoms with E-state index < -0.39 is 35.2 Å². The fourth-order valence-electron chi connectivity index (χ4n) is 2.56. The van der Waals surface area contributed by atoms with Crippen molar-refractivity contribution >= 4 is 18.0 Å². The average Bonchev–Trinajstić information content (AvgIpc) is 2.82. The number of hydrogen-bond donors (Lipinski definition) is 1. The number of aliphatic carboxylic acids is 1. The number of ether oxygens (including phenoxy) is 2. The Hall–Kier alpha value is -2.31. The molecule has 23 heavy (non-hydrogen) atoms. The molecule has 0 radical (unpaired) electrons. The molecule has 1 aliphatic rings. The molecule has 2 atom stereocenters. The molecule has 0 aromatic carbocycles. The van der Waals surface area contributed by atoms with E-state index in [9.17, 15) is 14.4 Å². The summed E-state index contributed by atoms with van der Waals surface area (Å²) in [5.74, 6) is -1.77. The predicted molar refractivity (Wildman–Crippen MR) is 82.8 cm³/mol. The number of methoxy groups -OCH3 is 1. The maximum absolute atomic E-state index is 12.6. The molecule has 1 saturated heterocycles. The first-order valence-electron chi connectivity index (χ1n) is 7.23. The van der Waals surface area contributed by atoms with Gasteiger partial charge >= 0.3 is 18.0 Å². The zero-order chi connectivity index (χ0) is 17.8. The third kappa shape index (κ3) is 4.12. The normalized spacial score (nSPS) is 24.5. The maximum atomic E-state index is 12.6. The third-order valence-electron chi connectivity index (χ3n) is 3.51. The summed E-state index contributed by atoms with van der Waals surface area (Å²) in [7, 11) is 1.22. The van der Waals surface area contributed by atoms with Crippen LogP contribution in [0.5, 0.6) is 0 Å². The number of carboxylic acid groups (broad SMARTS) is 1. The Labute approximate surface area is 135 Å². The SMILES string of the molecule is C=C[C@]1(C(=O)OC)CC[C@H](/C=C/C(=O)O)N1C(=O)OC(C)(C)C. The molecule has 0 spiro atoms. The lowest BCUT2D eigenvalue weighted by atomic mass is 9.97. The van der Waals surface area contributed by atoms with Gasteiger partial charge < -0.3 is 14.6 Å². The number of esters is 1. The van der Waals surface area contributed by atoms with E-state index in [1.54, 1.807) is 20.8 Å². The standard InChI is InChI=1S/C16H23NO6/c1-6-16(13(20)22-5)10-9-11(7-8-12(18)19)17(16)14(21)23-15(2,3)4/h6-8,11H,1,9-10H2,2-5H3,(H,18,19)/b8-7+/t11-,16+/m0/s1. The van der Waals surface area contributed by atoms with E-state index in [4.69, 9.17) is 14.6 Å². The Morgan fingerprint density at radius 1 is 1.35 bits per heavy atom. The van der Waals surface area contributed by atoms with Crippen molar-refractivity contribution in [2.75, 3.05) is 7.11 Å². The molecule has 128 valence electrons. The predicted octanol–water partition coefficient (Wildman–Crippen LogP) is 2.12. The van der Waals surface area contributed by atoms with Gasteiger partial charge in [-0.1, -0.05) is 12.2 Å². The Kier molecular flexibility index (Phi) is 5.58. The zero-order valence-electron chi connectivity index (χ0n) is 13.9. The minimum atomic E-state index is -1.37. The van der Waals surface area contributed by atoms with Crippen LogP contribution in [0.4, 0.5) is 4.79 Å². The van der Waals surface area contributed by atoms with Crippen molar-refractivity contribution < 1.29 is 29.0 Å². The van der Waals surface area contributed by atoms with Gasteiger partial charge in [0.25, 0.3) is 0 Å². The van der Waals surface area contributed by atoms with E-state index in [-0.39, 0.29) is 6.42 Å². The van der Waals surface area contributed by atoms with E-state index >= 15 is 0 Å². The highest BCUT2D eigenvalue weighted by atomic mass is 16.6. The van der Waals surface area contributed by atoms with Gasteiger partial charge in [0.1, 0.15) is 5.60 Å². The van der Waals surface area contributed by atoms with Crippen LogP contribution < -0.4 is 0 Å². The number of carboxylic acids is 1. The first-order chi connectivity index (χ1) is 10.6. The summed E-state index contributed by atoms with van der Waals surface area (Å²) in [6.07, 6.45) is 3.60. The number of amides is 1. The van der Waals surface area contributed by atoms with Crippen molar-refractivity contribution in [3.63, 3.8) is 0 Å². The minimum Gasteiger partial charge on any atom is -0.478 e. The molecule has 1 fully saturated rings. The first-order valence-corrected chi connectivity index (χ1v) is 7.23. The molecule has 7 heteroatoms. The van der Waals surface area contributed by atoms with Crippen LogP contribution in [0.2, 0.25) is 0 Å². The highest BCUT2D eigenvalue weighted by Gasteiger charge is 2.53. The maximum Gasteiger partial charge on any atom is 0.412 e. The highest BCUT2D eigenvalue weighted by Crippen LogP contribution is 2.38. The van der Waals surface area contributed by atoms with Gasteiger partial charge in [-0.05, 0) is 33.6 Å². The van der Waals surface area contributed by atoms with E-state index in [0.29, 0.717) is 6.42 Å². The first kappa shape index (κ1) is 18.7. The second-order valence-electron chi connectivity index (χ2n) is 6.27. The van der Waals surface area contributed by atoms with E-state index in [1.807, 2.05) is 0 Å². The molecule has 0 unspecified atom stereocenters. The fraction of sp³-hybridized carbons (Fsp3) is 0.562. The lowest BCUT2D eigenvalue weighted by Gasteiger charge is -2.36. The number of carbonyl (C=O) groups excluding carboxylic acids is 2. The largest absolute Gasteiger partial charge is 0.478 e. The topological polar surface area (TPSA) is 93.1 Å². The summed E-state index contributed by atoms with van der Waals surface area (Å²) in [5, 5.41) is 8.79. The molecular weight excluding hydrogens is 302 g/mol. The quantitative estimate of drug-likeness (QED) is 0.483. The summed E-state index contributed by atoms with van der Waals surface area (Å²) in [5.41, 5.74) is -2.13. The summed E-state index contributed by atoms with van der Waals surface area (Å²) in [4.78, 5) is 36.8. The van der Waals surface area contributed by atoms with Crippen molar-refractivity contribution in [3.05, 3.63) is 24.8 Å². The molecule has 0 saturated carbocycles. The second-order valence-corrected chi connectivity index (χ2v) is 6.27. The lowest BCUT2D eigenvalue weighted by Crippen LogP contribution is -2.55. The fourth-order valence-corrected chi connectivity index (χ4v) is 2.56. The van der Waals surface area contributed by atoms with E-state index in [1.165, 1.54) is 24.2 Å². The third-order valence-corrected chi connectivity index (χ3v) is 3.51. The van der Waals surface area contributed by atoms with Crippen LogP contribution >= 0.6 is 0 Å². The Morgan fingerprint density at radius 2 is 1.96 bits per heavy atom. The van der Waals surface area contributed by atoms with Crippen LogP contribution in [0, 0.1) is 0 Å². The molecule has 1 rings (SSSR count). The van der Waals surface area contributed by atoms with E-state index in [2.05, 4.69) is 6.58 Å². The zero-order valence-corrected chi connectivity index (χ0v) is 13.9. The molecule has 0 aliphatic carbocycles. The molecule has 1 N–H and O–H groups in total. The number of rotatable bonds is 4. The van der Waals surface area contributed by atoms with Crippen molar-refractivity contribution in [2.45, 2.75) is 50.8 Å². The molecule has 1 heterocycles. The molecule has 7 nitrogen and oxygen atoms in total. The van der Waals surface area contributed by atoms with Gasteiger partial charge in [-0.2, -0.15) is 0 Å². The van der Waals surface area contributed by atoms with Gasteiger partial charge in [0.05, 0.1) is 13.2 Å². The summed E-state index contributed by atoms with van der Waals surface area (Å²) >= 11 is 0. The van der Waals surface area contributed by atoms with Crippen molar-refractivity contribution in [2.24, 2.45) is 0 Å². The number of hydrogen-bond acceptors (Lipinski definition) is 5. The summed E-state index contributed by atoms with van der Waals surface area (Å²) in [6, 6.07) is -0.599. The van der Waals surface area contributed by atoms with Crippen molar-refractivity contribution in [1.82, 2.24) is 4.90 Å². The highest BCUT2D eigenvalue weighted by molar-refractivity contribution is 5.89. The number of likely N-dealkylation sites (tertiary alicyclic amines) is 1. The van der Waals surface area contributed by atoms with Gasteiger partial charge in [-0.25, -0.2) is 14.4 Å². The molecule has 0 bridgehead atoms.